The Hall–Kier alpha value is -2.56. The number of hydrogen-bond donors (Lipinski definition) is 1. The lowest BCUT2D eigenvalue weighted by Crippen LogP contribution is -2.37. The maximum Gasteiger partial charge on any atom is 0.239 e. The fourth-order valence-electron chi connectivity index (χ4n) is 3.26. The van der Waals surface area contributed by atoms with Gasteiger partial charge in [0.05, 0.1) is 11.4 Å². The van der Waals surface area contributed by atoms with Gasteiger partial charge in [0, 0.05) is 25.5 Å². The fourth-order valence-corrected chi connectivity index (χ4v) is 3.26. The van der Waals surface area contributed by atoms with Gasteiger partial charge in [-0.15, -0.1) is 0 Å². The van der Waals surface area contributed by atoms with Crippen LogP contribution in [-0.2, 0) is 9.59 Å². The van der Waals surface area contributed by atoms with Crippen molar-refractivity contribution in [3.05, 3.63) is 48.8 Å². The van der Waals surface area contributed by atoms with Crippen molar-refractivity contribution in [2.75, 3.05) is 18.0 Å². The average Bonchev–Trinajstić information content (AvgIpc) is 3.11. The zero-order chi connectivity index (χ0) is 16.5. The highest BCUT2D eigenvalue weighted by Gasteiger charge is 2.38. The molecular formula is C19H21N3O2. The first-order valence-electron chi connectivity index (χ1n) is 8.55. The Bertz CT molecular complexity index is 750. The zero-order valence-electron chi connectivity index (χ0n) is 13.5. The third-order valence-corrected chi connectivity index (χ3v) is 4.84. The van der Waals surface area contributed by atoms with E-state index in [4.69, 9.17) is 0 Å². The van der Waals surface area contributed by atoms with Crippen molar-refractivity contribution < 1.29 is 9.59 Å². The normalized spacial score (nSPS) is 20.4. The van der Waals surface area contributed by atoms with Gasteiger partial charge in [-0.25, -0.2) is 0 Å². The number of para-hydroxylation sites is 2. The molecule has 4 rings (SSSR count). The maximum absolute atomic E-state index is 12.8. The molecule has 0 spiro atoms. The van der Waals surface area contributed by atoms with Gasteiger partial charge in [-0.3, -0.25) is 9.59 Å². The average molecular weight is 323 g/mol. The monoisotopic (exact) mass is 323 g/mol. The molecule has 2 fully saturated rings. The first-order valence-corrected chi connectivity index (χ1v) is 8.55. The second kappa shape index (κ2) is 6.15. The molecule has 1 atom stereocenters. The molecule has 2 amide bonds. The van der Waals surface area contributed by atoms with E-state index >= 15 is 0 Å². The summed E-state index contributed by atoms with van der Waals surface area (Å²) < 4.78 is 1.99. The Morgan fingerprint density at radius 3 is 2.46 bits per heavy atom. The Balaban J connectivity index is 1.53. The number of nitrogens with zero attached hydrogens (tertiary/aromatic N) is 2. The predicted octanol–water partition coefficient (Wildman–Crippen LogP) is 2.36. The molecule has 1 aromatic carbocycles. The smallest absolute Gasteiger partial charge is 0.239 e. The van der Waals surface area contributed by atoms with Gasteiger partial charge in [0.2, 0.25) is 11.8 Å². The number of aromatic nitrogens is 1. The van der Waals surface area contributed by atoms with Gasteiger partial charge in [-0.2, -0.15) is 0 Å². The fraction of sp³-hybridized carbons (Fsp3) is 0.368. The third kappa shape index (κ3) is 2.82. The molecule has 2 heterocycles. The molecular weight excluding hydrogens is 302 g/mol. The number of rotatable bonds is 5. The molecule has 1 saturated carbocycles. The minimum Gasteiger partial charge on any atom is -0.355 e. The van der Waals surface area contributed by atoms with Gasteiger partial charge in [0.15, 0.2) is 0 Å². The molecule has 0 bridgehead atoms. The minimum atomic E-state index is -0.554. The number of hydrogen-bond acceptors (Lipinski definition) is 2. The van der Waals surface area contributed by atoms with Crippen molar-refractivity contribution in [3.63, 3.8) is 0 Å². The number of carbonyl (C=O) groups is 2. The first kappa shape index (κ1) is 15.0. The summed E-state index contributed by atoms with van der Waals surface area (Å²) in [6.07, 6.45) is 6.87. The van der Waals surface area contributed by atoms with Gasteiger partial charge >= 0.3 is 0 Å². The Morgan fingerprint density at radius 2 is 1.75 bits per heavy atom. The zero-order valence-corrected chi connectivity index (χ0v) is 13.5. The molecule has 1 aromatic heterocycles. The summed E-state index contributed by atoms with van der Waals surface area (Å²) >= 11 is 0. The van der Waals surface area contributed by atoms with E-state index in [1.807, 2.05) is 53.4 Å². The highest BCUT2D eigenvalue weighted by atomic mass is 16.2. The van der Waals surface area contributed by atoms with Crippen LogP contribution in [0.4, 0.5) is 5.69 Å². The summed E-state index contributed by atoms with van der Waals surface area (Å²) in [5.41, 5.74) is 1.81. The van der Waals surface area contributed by atoms with Crippen molar-refractivity contribution in [2.45, 2.75) is 19.3 Å². The van der Waals surface area contributed by atoms with E-state index in [1.54, 1.807) is 4.90 Å². The molecule has 5 heteroatoms. The van der Waals surface area contributed by atoms with Crippen LogP contribution in [0.2, 0.25) is 0 Å². The van der Waals surface area contributed by atoms with Crippen LogP contribution in [0.15, 0.2) is 48.8 Å². The lowest BCUT2D eigenvalue weighted by Gasteiger charge is -2.21. The molecule has 1 saturated heterocycles. The van der Waals surface area contributed by atoms with Gasteiger partial charge in [-0.1, -0.05) is 12.1 Å². The first-order chi connectivity index (χ1) is 11.7. The summed E-state index contributed by atoms with van der Waals surface area (Å²) in [7, 11) is 0. The molecule has 24 heavy (non-hydrogen) atoms. The van der Waals surface area contributed by atoms with Crippen LogP contribution >= 0.6 is 0 Å². The largest absolute Gasteiger partial charge is 0.355 e. The summed E-state index contributed by atoms with van der Waals surface area (Å²) in [5.74, 6) is -0.145. The molecule has 0 radical (unpaired) electrons. The van der Waals surface area contributed by atoms with Crippen LogP contribution in [0.1, 0.15) is 19.3 Å². The molecule has 1 aliphatic carbocycles. The summed E-state index contributed by atoms with van der Waals surface area (Å²) in [4.78, 5) is 26.8. The maximum atomic E-state index is 12.8. The Labute approximate surface area is 141 Å². The third-order valence-electron chi connectivity index (χ3n) is 4.84. The Morgan fingerprint density at radius 1 is 1.04 bits per heavy atom. The quantitative estimate of drug-likeness (QED) is 0.859. The van der Waals surface area contributed by atoms with E-state index in [-0.39, 0.29) is 11.8 Å². The van der Waals surface area contributed by atoms with Crippen molar-refractivity contribution in [2.24, 2.45) is 11.8 Å². The number of carbonyl (C=O) groups excluding carboxylic acids is 2. The van der Waals surface area contributed by atoms with E-state index in [2.05, 4.69) is 5.32 Å². The SMILES string of the molecule is O=C(NCC1CC1)C1CCN(c2ccccc2-n2cccc2)C1=O. The topological polar surface area (TPSA) is 54.3 Å². The number of anilines is 1. The second-order valence-electron chi connectivity index (χ2n) is 6.60. The van der Waals surface area contributed by atoms with Crippen LogP contribution in [0.5, 0.6) is 0 Å². The van der Waals surface area contributed by atoms with Crippen LogP contribution in [-0.4, -0.2) is 29.5 Å². The Kier molecular flexibility index (Phi) is 3.84. The van der Waals surface area contributed by atoms with Gasteiger partial charge < -0.3 is 14.8 Å². The lowest BCUT2D eigenvalue weighted by molar-refractivity contribution is -0.132. The van der Waals surface area contributed by atoms with E-state index in [1.165, 1.54) is 12.8 Å². The summed E-state index contributed by atoms with van der Waals surface area (Å²) in [6, 6.07) is 11.7. The molecule has 1 aliphatic heterocycles. The van der Waals surface area contributed by atoms with E-state index < -0.39 is 5.92 Å². The van der Waals surface area contributed by atoms with Crippen molar-refractivity contribution in [3.8, 4) is 5.69 Å². The second-order valence-corrected chi connectivity index (χ2v) is 6.60. The van der Waals surface area contributed by atoms with Gasteiger partial charge in [0.25, 0.3) is 0 Å². The van der Waals surface area contributed by atoms with E-state index in [0.29, 0.717) is 25.4 Å². The molecule has 1 unspecified atom stereocenters. The van der Waals surface area contributed by atoms with E-state index in [0.717, 1.165) is 11.4 Å². The van der Waals surface area contributed by atoms with Gasteiger partial charge in [0.1, 0.15) is 5.92 Å². The highest BCUT2D eigenvalue weighted by molar-refractivity contribution is 6.10. The van der Waals surface area contributed by atoms with Crippen LogP contribution in [0.3, 0.4) is 0 Å². The molecule has 1 N–H and O–H groups in total. The van der Waals surface area contributed by atoms with Crippen LogP contribution < -0.4 is 10.2 Å². The minimum absolute atomic E-state index is 0.0945. The molecule has 2 aromatic rings. The summed E-state index contributed by atoms with van der Waals surface area (Å²) in [6.45, 7) is 1.29. The van der Waals surface area contributed by atoms with Crippen molar-refractivity contribution in [1.29, 1.82) is 0 Å². The van der Waals surface area contributed by atoms with Gasteiger partial charge in [-0.05, 0) is 49.4 Å². The number of nitrogens with one attached hydrogen (secondary N) is 1. The number of benzene rings is 1. The van der Waals surface area contributed by atoms with Crippen molar-refractivity contribution in [1.82, 2.24) is 9.88 Å². The van der Waals surface area contributed by atoms with Crippen molar-refractivity contribution >= 4 is 17.5 Å². The van der Waals surface area contributed by atoms with Crippen LogP contribution in [0, 0.1) is 11.8 Å². The molecule has 124 valence electrons. The molecule has 2 aliphatic rings. The highest BCUT2D eigenvalue weighted by Crippen LogP contribution is 2.31. The number of amides is 2. The van der Waals surface area contributed by atoms with E-state index in [9.17, 15) is 9.59 Å². The summed E-state index contributed by atoms with van der Waals surface area (Å²) in [5, 5.41) is 2.94. The standard InChI is InChI=1S/C19H21N3O2/c23-18(20-13-14-7-8-14)15-9-12-22(19(15)24)17-6-2-1-5-16(17)21-10-3-4-11-21/h1-6,10-11,14-15H,7-9,12-13H2,(H,20,23). The molecule has 5 nitrogen and oxygen atoms in total. The lowest BCUT2D eigenvalue weighted by atomic mass is 10.1. The van der Waals surface area contributed by atoms with Crippen LogP contribution in [0.25, 0.3) is 5.69 Å². The predicted molar refractivity (Wildman–Crippen MR) is 92.0 cm³/mol.